The molecule has 1 aliphatic carbocycles. The molecule has 0 bridgehead atoms. The van der Waals surface area contributed by atoms with Crippen LogP contribution in [0.5, 0.6) is 0 Å². The van der Waals surface area contributed by atoms with Crippen molar-refractivity contribution in [3.8, 4) is 0 Å². The van der Waals surface area contributed by atoms with Gasteiger partial charge in [0.25, 0.3) is 0 Å². The molecular weight excluding hydrogens is 256 g/mol. The fraction of sp³-hybridized carbons (Fsp3) is 0.938. The van der Waals surface area contributed by atoms with Crippen LogP contribution in [-0.4, -0.2) is 37.0 Å². The quantitative estimate of drug-likeness (QED) is 0.727. The van der Waals surface area contributed by atoms with Gasteiger partial charge in [-0.25, -0.2) is 4.79 Å². The summed E-state index contributed by atoms with van der Waals surface area (Å²) in [4.78, 5) is 12.1. The number of rotatable bonds is 5. The highest BCUT2D eigenvalue weighted by Crippen LogP contribution is 2.28. The number of methoxy groups -OCH3 is 1. The summed E-state index contributed by atoms with van der Waals surface area (Å²) in [6, 6.07) is 0. The average molecular weight is 286 g/mol. The zero-order chi connectivity index (χ0) is 15.4. The van der Waals surface area contributed by atoms with Crippen molar-refractivity contribution in [3.05, 3.63) is 0 Å². The van der Waals surface area contributed by atoms with Gasteiger partial charge in [-0.1, -0.05) is 6.42 Å². The van der Waals surface area contributed by atoms with E-state index in [1.165, 1.54) is 6.42 Å². The fourth-order valence-corrected chi connectivity index (χ4v) is 2.39. The lowest BCUT2D eigenvalue weighted by atomic mass is 9.87. The maximum absolute atomic E-state index is 12.1. The van der Waals surface area contributed by atoms with Crippen LogP contribution in [0.3, 0.4) is 0 Å². The van der Waals surface area contributed by atoms with Gasteiger partial charge in [-0.3, -0.25) is 0 Å². The molecule has 4 nitrogen and oxygen atoms in total. The first-order chi connectivity index (χ1) is 9.14. The normalized spacial score (nSPS) is 24.5. The molecule has 0 spiro atoms. The Morgan fingerprint density at radius 2 is 1.80 bits per heavy atom. The summed E-state index contributed by atoms with van der Waals surface area (Å²) in [7, 11) is 1.76. The van der Waals surface area contributed by atoms with Gasteiger partial charge < -0.3 is 14.2 Å². The van der Waals surface area contributed by atoms with Gasteiger partial charge in [0.05, 0.1) is 12.7 Å². The van der Waals surface area contributed by atoms with Crippen LogP contribution in [0.15, 0.2) is 0 Å². The van der Waals surface area contributed by atoms with Gasteiger partial charge in [-0.05, 0) is 59.8 Å². The van der Waals surface area contributed by atoms with Crippen LogP contribution in [0.1, 0.15) is 60.3 Å². The van der Waals surface area contributed by atoms with E-state index in [1.54, 1.807) is 21.0 Å². The van der Waals surface area contributed by atoms with Gasteiger partial charge in [0.2, 0.25) is 0 Å². The van der Waals surface area contributed by atoms with E-state index in [9.17, 15) is 4.79 Å². The number of carbonyl (C=O) groups is 1. The molecule has 20 heavy (non-hydrogen) atoms. The molecule has 0 aromatic carbocycles. The van der Waals surface area contributed by atoms with E-state index < -0.39 is 11.2 Å². The highest BCUT2D eigenvalue weighted by Gasteiger charge is 2.34. The Morgan fingerprint density at radius 3 is 2.35 bits per heavy atom. The molecule has 0 N–H and O–H groups in total. The Balaban J connectivity index is 2.44. The van der Waals surface area contributed by atoms with E-state index in [0.717, 1.165) is 19.3 Å². The predicted molar refractivity (Wildman–Crippen MR) is 78.6 cm³/mol. The third-order valence-corrected chi connectivity index (χ3v) is 3.64. The van der Waals surface area contributed by atoms with Crippen molar-refractivity contribution in [2.45, 2.75) is 77.6 Å². The molecule has 1 saturated carbocycles. The standard InChI is InChI=1S/C16H30O4/c1-15(2,3)20-14(17)16(4,5)19-11-12-8-7-9-13(10-12)18-6/h12-13H,7-11H2,1-6H3. The average Bonchev–Trinajstić information content (AvgIpc) is 2.35. The van der Waals surface area contributed by atoms with Crippen molar-refractivity contribution in [2.75, 3.05) is 13.7 Å². The fourth-order valence-electron chi connectivity index (χ4n) is 2.39. The molecule has 0 radical (unpaired) electrons. The largest absolute Gasteiger partial charge is 0.458 e. The molecule has 4 heteroatoms. The minimum atomic E-state index is -0.896. The van der Waals surface area contributed by atoms with E-state index in [2.05, 4.69) is 0 Å². The van der Waals surface area contributed by atoms with Gasteiger partial charge in [0.1, 0.15) is 5.60 Å². The van der Waals surface area contributed by atoms with Crippen LogP contribution in [0.4, 0.5) is 0 Å². The maximum Gasteiger partial charge on any atom is 0.338 e. The van der Waals surface area contributed by atoms with Crippen molar-refractivity contribution in [1.82, 2.24) is 0 Å². The SMILES string of the molecule is COC1CCCC(COC(C)(C)C(=O)OC(C)(C)C)C1. The van der Waals surface area contributed by atoms with Crippen molar-refractivity contribution in [1.29, 1.82) is 0 Å². The van der Waals surface area contributed by atoms with E-state index in [4.69, 9.17) is 14.2 Å². The Morgan fingerprint density at radius 1 is 1.15 bits per heavy atom. The van der Waals surface area contributed by atoms with Crippen LogP contribution in [0, 0.1) is 5.92 Å². The highest BCUT2D eigenvalue weighted by atomic mass is 16.6. The lowest BCUT2D eigenvalue weighted by Gasteiger charge is -2.32. The Kier molecular flexibility index (Phi) is 6.02. The lowest BCUT2D eigenvalue weighted by molar-refractivity contribution is -0.181. The summed E-state index contributed by atoms with van der Waals surface area (Å²) in [5.74, 6) is 0.166. The van der Waals surface area contributed by atoms with Gasteiger partial charge in [0, 0.05) is 7.11 Å². The molecule has 2 atom stereocenters. The molecule has 0 amide bonds. The Hall–Kier alpha value is -0.610. The summed E-state index contributed by atoms with van der Waals surface area (Å²) in [5, 5.41) is 0. The number of hydrogen-bond donors (Lipinski definition) is 0. The summed E-state index contributed by atoms with van der Waals surface area (Å²) in [6.45, 7) is 9.74. The minimum absolute atomic E-state index is 0.302. The molecular formula is C16H30O4. The third kappa shape index (κ3) is 5.80. The van der Waals surface area contributed by atoms with Crippen molar-refractivity contribution >= 4 is 5.97 Å². The smallest absolute Gasteiger partial charge is 0.338 e. The topological polar surface area (TPSA) is 44.8 Å². The van der Waals surface area contributed by atoms with Gasteiger partial charge in [-0.15, -0.1) is 0 Å². The summed E-state index contributed by atoms with van der Waals surface area (Å²) < 4.78 is 16.7. The molecule has 0 aromatic heterocycles. The highest BCUT2D eigenvalue weighted by molar-refractivity contribution is 5.78. The summed E-state index contributed by atoms with van der Waals surface area (Å²) >= 11 is 0. The number of hydrogen-bond acceptors (Lipinski definition) is 4. The van der Waals surface area contributed by atoms with Gasteiger partial charge >= 0.3 is 5.97 Å². The molecule has 1 rings (SSSR count). The first kappa shape index (κ1) is 17.4. The first-order valence-electron chi connectivity index (χ1n) is 7.54. The van der Waals surface area contributed by atoms with Crippen molar-refractivity contribution in [3.63, 3.8) is 0 Å². The van der Waals surface area contributed by atoms with Crippen LogP contribution in [0.2, 0.25) is 0 Å². The van der Waals surface area contributed by atoms with Crippen LogP contribution >= 0.6 is 0 Å². The second-order valence-electron chi connectivity index (χ2n) is 7.21. The first-order valence-corrected chi connectivity index (χ1v) is 7.54. The zero-order valence-corrected chi connectivity index (χ0v) is 13.8. The van der Waals surface area contributed by atoms with Crippen LogP contribution < -0.4 is 0 Å². The van der Waals surface area contributed by atoms with Crippen LogP contribution in [0.25, 0.3) is 0 Å². The summed E-state index contributed by atoms with van der Waals surface area (Å²) in [6.07, 6.45) is 4.79. The molecule has 0 aliphatic heterocycles. The van der Waals surface area contributed by atoms with Crippen molar-refractivity contribution < 1.29 is 19.0 Å². The summed E-state index contributed by atoms with van der Waals surface area (Å²) in [5.41, 5.74) is -1.38. The van der Waals surface area contributed by atoms with Gasteiger partial charge in [0.15, 0.2) is 5.60 Å². The van der Waals surface area contributed by atoms with E-state index in [-0.39, 0.29) is 5.97 Å². The molecule has 118 valence electrons. The van der Waals surface area contributed by atoms with Crippen molar-refractivity contribution in [2.24, 2.45) is 5.92 Å². The maximum atomic E-state index is 12.1. The lowest BCUT2D eigenvalue weighted by Crippen LogP contribution is -2.42. The van der Waals surface area contributed by atoms with Crippen LogP contribution in [-0.2, 0) is 19.0 Å². The molecule has 1 aliphatic rings. The van der Waals surface area contributed by atoms with E-state index >= 15 is 0 Å². The minimum Gasteiger partial charge on any atom is -0.458 e. The molecule has 2 unspecified atom stereocenters. The monoisotopic (exact) mass is 286 g/mol. The Bertz CT molecular complexity index is 317. The predicted octanol–water partition coefficient (Wildman–Crippen LogP) is 3.33. The molecule has 0 aromatic rings. The second kappa shape index (κ2) is 6.90. The third-order valence-electron chi connectivity index (χ3n) is 3.64. The Labute approximate surface area is 123 Å². The zero-order valence-electron chi connectivity index (χ0n) is 13.8. The second-order valence-corrected chi connectivity index (χ2v) is 7.21. The van der Waals surface area contributed by atoms with E-state index in [1.807, 2.05) is 20.8 Å². The number of ether oxygens (including phenoxy) is 3. The van der Waals surface area contributed by atoms with E-state index in [0.29, 0.717) is 18.6 Å². The molecule has 0 heterocycles. The molecule has 1 fully saturated rings. The van der Waals surface area contributed by atoms with Gasteiger partial charge in [-0.2, -0.15) is 0 Å². The number of esters is 1. The number of carbonyl (C=O) groups excluding carboxylic acids is 1. The molecule has 0 saturated heterocycles.